The second kappa shape index (κ2) is 6.71. The van der Waals surface area contributed by atoms with Crippen molar-refractivity contribution in [3.63, 3.8) is 0 Å². The SMILES string of the molecule is C#CCN(CC1CC1)c1cnc(C(C)C)nc1CNC. The number of hydrogen-bond donors (Lipinski definition) is 1. The van der Waals surface area contributed by atoms with Crippen LogP contribution < -0.4 is 10.2 Å². The summed E-state index contributed by atoms with van der Waals surface area (Å²) in [5.74, 6) is 4.78. The zero-order valence-electron chi connectivity index (χ0n) is 12.7. The number of terminal acetylenes is 1. The summed E-state index contributed by atoms with van der Waals surface area (Å²) in [7, 11) is 1.94. The lowest BCUT2D eigenvalue weighted by Gasteiger charge is -2.24. The maximum atomic E-state index is 5.52. The Labute approximate surface area is 122 Å². The Morgan fingerprint density at radius 3 is 2.80 bits per heavy atom. The highest BCUT2D eigenvalue weighted by Gasteiger charge is 2.25. The molecule has 108 valence electrons. The van der Waals surface area contributed by atoms with Crippen LogP contribution in [-0.2, 0) is 6.54 Å². The molecule has 0 amide bonds. The number of rotatable bonds is 7. The molecule has 0 saturated heterocycles. The van der Waals surface area contributed by atoms with E-state index in [9.17, 15) is 0 Å². The van der Waals surface area contributed by atoms with Crippen LogP contribution >= 0.6 is 0 Å². The molecule has 2 rings (SSSR count). The standard InChI is InChI=1S/C16H24N4/c1-5-8-20(11-13-6-7-13)15-10-18-16(12(2)3)19-14(15)9-17-4/h1,10,12-13,17H,6-9,11H2,2-4H3. The summed E-state index contributed by atoms with van der Waals surface area (Å²) in [6, 6.07) is 0. The van der Waals surface area contributed by atoms with Gasteiger partial charge in [0.05, 0.1) is 24.1 Å². The predicted octanol–water partition coefficient (Wildman–Crippen LogP) is 2.17. The molecule has 0 unspecified atom stereocenters. The molecular formula is C16H24N4. The molecule has 1 heterocycles. The van der Waals surface area contributed by atoms with E-state index in [-0.39, 0.29) is 0 Å². The Hall–Kier alpha value is -1.60. The van der Waals surface area contributed by atoms with Crippen LogP contribution in [0.4, 0.5) is 5.69 Å². The molecule has 1 aliphatic carbocycles. The number of nitrogens with one attached hydrogen (secondary N) is 1. The summed E-state index contributed by atoms with van der Waals surface area (Å²) in [4.78, 5) is 11.5. The van der Waals surface area contributed by atoms with Gasteiger partial charge in [-0.15, -0.1) is 6.42 Å². The lowest BCUT2D eigenvalue weighted by Crippen LogP contribution is -2.28. The third-order valence-electron chi connectivity index (χ3n) is 3.52. The van der Waals surface area contributed by atoms with Crippen LogP contribution in [-0.4, -0.2) is 30.1 Å². The van der Waals surface area contributed by atoms with E-state index in [4.69, 9.17) is 11.4 Å². The molecule has 4 nitrogen and oxygen atoms in total. The van der Waals surface area contributed by atoms with Gasteiger partial charge < -0.3 is 10.2 Å². The Morgan fingerprint density at radius 2 is 2.25 bits per heavy atom. The van der Waals surface area contributed by atoms with E-state index < -0.39 is 0 Å². The van der Waals surface area contributed by atoms with Crippen LogP contribution in [0.15, 0.2) is 6.20 Å². The molecule has 0 radical (unpaired) electrons. The normalized spacial score (nSPS) is 14.3. The van der Waals surface area contributed by atoms with Crippen molar-refractivity contribution in [2.45, 2.75) is 39.2 Å². The highest BCUT2D eigenvalue weighted by atomic mass is 15.2. The smallest absolute Gasteiger partial charge is 0.131 e. The van der Waals surface area contributed by atoms with E-state index in [2.05, 4.69) is 35.0 Å². The van der Waals surface area contributed by atoms with Gasteiger partial charge >= 0.3 is 0 Å². The van der Waals surface area contributed by atoms with E-state index in [1.165, 1.54) is 12.8 Å². The topological polar surface area (TPSA) is 41.1 Å². The zero-order chi connectivity index (χ0) is 14.5. The Morgan fingerprint density at radius 1 is 1.50 bits per heavy atom. The molecule has 1 saturated carbocycles. The summed E-state index contributed by atoms with van der Waals surface area (Å²) in [5, 5.41) is 3.19. The fourth-order valence-electron chi connectivity index (χ4n) is 2.24. The lowest BCUT2D eigenvalue weighted by atomic mass is 10.2. The second-order valence-electron chi connectivity index (χ2n) is 5.77. The monoisotopic (exact) mass is 272 g/mol. The number of anilines is 1. The third kappa shape index (κ3) is 3.71. The maximum Gasteiger partial charge on any atom is 0.131 e. The van der Waals surface area contributed by atoms with Crippen LogP contribution in [0.3, 0.4) is 0 Å². The van der Waals surface area contributed by atoms with Gasteiger partial charge in [0, 0.05) is 19.0 Å². The van der Waals surface area contributed by atoms with Gasteiger partial charge in [0.2, 0.25) is 0 Å². The van der Waals surface area contributed by atoms with Gasteiger partial charge in [0.25, 0.3) is 0 Å². The first-order valence-corrected chi connectivity index (χ1v) is 7.34. The average Bonchev–Trinajstić information content (AvgIpc) is 3.22. The molecule has 1 fully saturated rings. The minimum absolute atomic E-state index is 0.337. The van der Waals surface area contributed by atoms with Crippen LogP contribution in [0, 0.1) is 18.3 Å². The highest BCUT2D eigenvalue weighted by Crippen LogP contribution is 2.32. The van der Waals surface area contributed by atoms with Crippen molar-refractivity contribution in [3.05, 3.63) is 17.7 Å². The van der Waals surface area contributed by atoms with E-state index >= 15 is 0 Å². The summed E-state index contributed by atoms with van der Waals surface area (Å²) in [6.07, 6.45) is 10.1. The summed E-state index contributed by atoms with van der Waals surface area (Å²) < 4.78 is 0. The van der Waals surface area contributed by atoms with Gasteiger partial charge in [-0.25, -0.2) is 9.97 Å². The molecule has 0 atom stereocenters. The zero-order valence-corrected chi connectivity index (χ0v) is 12.7. The summed E-state index contributed by atoms with van der Waals surface area (Å²) in [5.41, 5.74) is 2.12. The minimum atomic E-state index is 0.337. The second-order valence-corrected chi connectivity index (χ2v) is 5.77. The number of aromatic nitrogens is 2. The van der Waals surface area contributed by atoms with Gasteiger partial charge in [-0.05, 0) is 25.8 Å². The van der Waals surface area contributed by atoms with Crippen molar-refractivity contribution in [1.29, 1.82) is 0 Å². The molecule has 0 aromatic carbocycles. The fraction of sp³-hybridized carbons (Fsp3) is 0.625. The molecule has 0 bridgehead atoms. The van der Waals surface area contributed by atoms with Crippen molar-refractivity contribution >= 4 is 5.69 Å². The van der Waals surface area contributed by atoms with Crippen LogP contribution in [0.1, 0.15) is 44.1 Å². The Kier molecular flexibility index (Phi) is 4.97. The van der Waals surface area contributed by atoms with Gasteiger partial charge in [-0.2, -0.15) is 0 Å². The quantitative estimate of drug-likeness (QED) is 0.772. The van der Waals surface area contributed by atoms with Crippen molar-refractivity contribution in [2.75, 3.05) is 25.0 Å². The number of hydrogen-bond acceptors (Lipinski definition) is 4. The van der Waals surface area contributed by atoms with E-state index in [1.807, 2.05) is 13.2 Å². The van der Waals surface area contributed by atoms with Gasteiger partial charge in [0.1, 0.15) is 5.82 Å². The average molecular weight is 272 g/mol. The van der Waals surface area contributed by atoms with Gasteiger partial charge in [-0.1, -0.05) is 19.8 Å². The fourth-order valence-corrected chi connectivity index (χ4v) is 2.24. The maximum absolute atomic E-state index is 5.52. The van der Waals surface area contributed by atoms with E-state index in [1.54, 1.807) is 0 Å². The van der Waals surface area contributed by atoms with Crippen molar-refractivity contribution < 1.29 is 0 Å². The third-order valence-corrected chi connectivity index (χ3v) is 3.52. The largest absolute Gasteiger partial charge is 0.357 e. The molecule has 1 aromatic rings. The predicted molar refractivity (Wildman–Crippen MR) is 82.7 cm³/mol. The highest BCUT2D eigenvalue weighted by molar-refractivity contribution is 5.50. The minimum Gasteiger partial charge on any atom is -0.357 e. The lowest BCUT2D eigenvalue weighted by molar-refractivity contribution is 0.704. The summed E-state index contributed by atoms with van der Waals surface area (Å²) >= 11 is 0. The van der Waals surface area contributed by atoms with Crippen molar-refractivity contribution in [2.24, 2.45) is 5.92 Å². The van der Waals surface area contributed by atoms with Crippen LogP contribution in [0.2, 0.25) is 0 Å². The van der Waals surface area contributed by atoms with Crippen molar-refractivity contribution in [1.82, 2.24) is 15.3 Å². The summed E-state index contributed by atoms with van der Waals surface area (Å²) in [6.45, 7) is 6.61. The van der Waals surface area contributed by atoms with Gasteiger partial charge in [-0.3, -0.25) is 0 Å². The molecule has 4 heteroatoms. The first-order valence-electron chi connectivity index (χ1n) is 7.34. The first kappa shape index (κ1) is 14.8. The molecule has 1 aromatic heterocycles. The molecule has 20 heavy (non-hydrogen) atoms. The van der Waals surface area contributed by atoms with Crippen molar-refractivity contribution in [3.8, 4) is 12.3 Å². The Balaban J connectivity index is 2.28. The van der Waals surface area contributed by atoms with Crippen LogP contribution in [0.25, 0.3) is 0 Å². The van der Waals surface area contributed by atoms with E-state index in [0.717, 1.165) is 36.2 Å². The van der Waals surface area contributed by atoms with Crippen LogP contribution in [0.5, 0.6) is 0 Å². The molecule has 1 N–H and O–H groups in total. The van der Waals surface area contributed by atoms with Gasteiger partial charge in [0.15, 0.2) is 0 Å². The Bertz CT molecular complexity index is 486. The molecular weight excluding hydrogens is 248 g/mol. The van der Waals surface area contributed by atoms with E-state index in [0.29, 0.717) is 12.5 Å². The molecule has 0 spiro atoms. The molecule has 0 aliphatic heterocycles. The number of nitrogens with zero attached hydrogens (tertiary/aromatic N) is 3. The first-order chi connectivity index (χ1) is 9.65. The molecule has 1 aliphatic rings.